The molecule has 0 spiro atoms. The van der Waals surface area contributed by atoms with Crippen LogP contribution in [0, 0.1) is 5.92 Å². The standard InChI is InChI=1S/C15H28N2O/c1-13(17-8-9-18-12-14(17)2)10-16-11-15-6-4-3-5-7-15/h3-4,13-16H,5-12H2,1-2H3/t13-,14+,15-/m1/s1. The van der Waals surface area contributed by atoms with Gasteiger partial charge in [0.25, 0.3) is 0 Å². The summed E-state index contributed by atoms with van der Waals surface area (Å²) in [5.74, 6) is 0.851. The molecule has 3 heteroatoms. The molecule has 3 nitrogen and oxygen atoms in total. The van der Waals surface area contributed by atoms with E-state index in [2.05, 4.69) is 36.2 Å². The fourth-order valence-electron chi connectivity index (χ4n) is 3.05. The quantitative estimate of drug-likeness (QED) is 0.758. The molecule has 0 aromatic heterocycles. The van der Waals surface area contributed by atoms with E-state index in [1.54, 1.807) is 0 Å². The molecule has 2 aliphatic rings. The normalized spacial score (nSPS) is 31.4. The van der Waals surface area contributed by atoms with Crippen LogP contribution < -0.4 is 5.32 Å². The molecule has 0 radical (unpaired) electrons. The third-order valence-corrected chi connectivity index (χ3v) is 4.24. The van der Waals surface area contributed by atoms with Crippen LogP contribution in [-0.4, -0.2) is 49.8 Å². The third-order valence-electron chi connectivity index (χ3n) is 4.24. The molecule has 0 bridgehead atoms. The van der Waals surface area contributed by atoms with E-state index in [-0.39, 0.29) is 0 Å². The number of morpholine rings is 1. The van der Waals surface area contributed by atoms with Crippen molar-refractivity contribution < 1.29 is 4.74 Å². The predicted molar refractivity (Wildman–Crippen MR) is 75.8 cm³/mol. The van der Waals surface area contributed by atoms with Gasteiger partial charge in [-0.15, -0.1) is 0 Å². The zero-order chi connectivity index (χ0) is 12.8. The molecule has 0 unspecified atom stereocenters. The first kappa shape index (κ1) is 14.0. The molecule has 1 N–H and O–H groups in total. The maximum Gasteiger partial charge on any atom is 0.0619 e. The van der Waals surface area contributed by atoms with Crippen molar-refractivity contribution in [2.75, 3.05) is 32.8 Å². The Morgan fingerprint density at radius 3 is 3.06 bits per heavy atom. The second kappa shape index (κ2) is 7.27. The topological polar surface area (TPSA) is 24.5 Å². The minimum absolute atomic E-state index is 0.563. The largest absolute Gasteiger partial charge is 0.379 e. The minimum Gasteiger partial charge on any atom is -0.379 e. The number of hydrogen-bond acceptors (Lipinski definition) is 3. The summed E-state index contributed by atoms with van der Waals surface area (Å²) in [6.07, 6.45) is 8.53. The molecule has 18 heavy (non-hydrogen) atoms. The Labute approximate surface area is 112 Å². The summed E-state index contributed by atoms with van der Waals surface area (Å²) in [5.41, 5.74) is 0. The monoisotopic (exact) mass is 252 g/mol. The Morgan fingerprint density at radius 1 is 1.44 bits per heavy atom. The van der Waals surface area contributed by atoms with Crippen LogP contribution in [0.2, 0.25) is 0 Å². The number of hydrogen-bond donors (Lipinski definition) is 1. The van der Waals surface area contributed by atoms with Crippen LogP contribution in [0.15, 0.2) is 12.2 Å². The maximum atomic E-state index is 5.49. The molecule has 1 fully saturated rings. The van der Waals surface area contributed by atoms with Gasteiger partial charge in [0.15, 0.2) is 0 Å². The maximum absolute atomic E-state index is 5.49. The zero-order valence-electron chi connectivity index (χ0n) is 11.9. The Bertz CT molecular complexity index is 267. The molecule has 0 saturated carbocycles. The van der Waals surface area contributed by atoms with Gasteiger partial charge in [0.2, 0.25) is 0 Å². The highest BCUT2D eigenvalue weighted by molar-refractivity contribution is 4.90. The van der Waals surface area contributed by atoms with Crippen molar-refractivity contribution in [3.8, 4) is 0 Å². The fraction of sp³-hybridized carbons (Fsp3) is 0.867. The molecule has 3 atom stereocenters. The highest BCUT2D eigenvalue weighted by atomic mass is 16.5. The smallest absolute Gasteiger partial charge is 0.0619 e. The predicted octanol–water partition coefficient (Wildman–Crippen LogP) is 2.04. The third kappa shape index (κ3) is 4.08. The van der Waals surface area contributed by atoms with E-state index in [0.29, 0.717) is 12.1 Å². The molecule has 1 saturated heterocycles. The molecule has 1 heterocycles. The fourth-order valence-corrected chi connectivity index (χ4v) is 3.05. The van der Waals surface area contributed by atoms with Crippen molar-refractivity contribution in [3.05, 3.63) is 12.2 Å². The highest BCUT2D eigenvalue weighted by Gasteiger charge is 2.23. The van der Waals surface area contributed by atoms with Gasteiger partial charge in [-0.1, -0.05) is 12.2 Å². The van der Waals surface area contributed by atoms with Gasteiger partial charge in [0.1, 0.15) is 0 Å². The first-order valence-corrected chi connectivity index (χ1v) is 7.46. The van der Waals surface area contributed by atoms with E-state index in [4.69, 9.17) is 4.74 Å². The zero-order valence-corrected chi connectivity index (χ0v) is 11.9. The minimum atomic E-state index is 0.563. The number of nitrogens with one attached hydrogen (secondary N) is 1. The average molecular weight is 252 g/mol. The lowest BCUT2D eigenvalue weighted by molar-refractivity contribution is -0.0182. The number of ether oxygens (including phenoxy) is 1. The Morgan fingerprint density at radius 2 is 2.33 bits per heavy atom. The lowest BCUT2D eigenvalue weighted by atomic mass is 9.94. The van der Waals surface area contributed by atoms with Crippen LogP contribution in [0.1, 0.15) is 33.1 Å². The Balaban J connectivity index is 1.64. The van der Waals surface area contributed by atoms with Crippen molar-refractivity contribution in [3.63, 3.8) is 0 Å². The van der Waals surface area contributed by atoms with E-state index in [9.17, 15) is 0 Å². The molecule has 2 rings (SSSR count). The van der Waals surface area contributed by atoms with Crippen LogP contribution >= 0.6 is 0 Å². The first-order chi connectivity index (χ1) is 8.77. The second-order valence-corrected chi connectivity index (χ2v) is 5.82. The molecule has 1 aliphatic heterocycles. The van der Waals surface area contributed by atoms with E-state index < -0.39 is 0 Å². The second-order valence-electron chi connectivity index (χ2n) is 5.82. The summed E-state index contributed by atoms with van der Waals surface area (Å²) in [6.45, 7) is 9.73. The van der Waals surface area contributed by atoms with Gasteiger partial charge in [-0.2, -0.15) is 0 Å². The lowest BCUT2D eigenvalue weighted by Crippen LogP contribution is -2.51. The molecule has 0 aromatic carbocycles. The van der Waals surface area contributed by atoms with Crippen molar-refractivity contribution in [2.45, 2.75) is 45.2 Å². The summed E-state index contributed by atoms with van der Waals surface area (Å²) in [6, 6.07) is 1.18. The number of rotatable bonds is 5. The van der Waals surface area contributed by atoms with Crippen LogP contribution in [0.25, 0.3) is 0 Å². The van der Waals surface area contributed by atoms with Crippen LogP contribution in [0.3, 0.4) is 0 Å². The van der Waals surface area contributed by atoms with Gasteiger partial charge >= 0.3 is 0 Å². The van der Waals surface area contributed by atoms with E-state index in [1.807, 2.05) is 0 Å². The average Bonchev–Trinajstić information content (AvgIpc) is 2.40. The van der Waals surface area contributed by atoms with Crippen molar-refractivity contribution in [1.29, 1.82) is 0 Å². The Hall–Kier alpha value is -0.380. The van der Waals surface area contributed by atoms with E-state index in [1.165, 1.54) is 25.8 Å². The summed E-state index contributed by atoms with van der Waals surface area (Å²) in [4.78, 5) is 2.57. The van der Waals surface area contributed by atoms with Crippen molar-refractivity contribution >= 4 is 0 Å². The van der Waals surface area contributed by atoms with E-state index in [0.717, 1.165) is 32.2 Å². The summed E-state index contributed by atoms with van der Waals surface area (Å²) in [7, 11) is 0. The van der Waals surface area contributed by atoms with Gasteiger partial charge in [0, 0.05) is 25.2 Å². The van der Waals surface area contributed by atoms with Crippen molar-refractivity contribution in [1.82, 2.24) is 10.2 Å². The Kier molecular flexibility index (Phi) is 5.67. The number of nitrogens with zero attached hydrogens (tertiary/aromatic N) is 1. The molecule has 0 amide bonds. The summed E-state index contributed by atoms with van der Waals surface area (Å²) in [5, 5.41) is 3.66. The lowest BCUT2D eigenvalue weighted by Gasteiger charge is -2.38. The van der Waals surface area contributed by atoms with Crippen molar-refractivity contribution in [2.24, 2.45) is 5.92 Å². The molecular formula is C15H28N2O. The van der Waals surface area contributed by atoms with Gasteiger partial charge in [-0.3, -0.25) is 4.90 Å². The number of allylic oxidation sites excluding steroid dienone is 2. The van der Waals surface area contributed by atoms with Gasteiger partial charge in [0.05, 0.1) is 13.2 Å². The van der Waals surface area contributed by atoms with Crippen LogP contribution in [0.4, 0.5) is 0 Å². The molecule has 0 aromatic rings. The molecule has 104 valence electrons. The summed E-state index contributed by atoms with van der Waals surface area (Å²) < 4.78 is 5.49. The molecular weight excluding hydrogens is 224 g/mol. The van der Waals surface area contributed by atoms with Gasteiger partial charge in [-0.25, -0.2) is 0 Å². The summed E-state index contributed by atoms with van der Waals surface area (Å²) >= 11 is 0. The van der Waals surface area contributed by atoms with Gasteiger partial charge < -0.3 is 10.1 Å². The molecule has 1 aliphatic carbocycles. The van der Waals surface area contributed by atoms with Crippen LogP contribution in [0.5, 0.6) is 0 Å². The SMILES string of the molecule is C[C@H](CNC[C@@H]1CC=CCC1)N1CCOC[C@@H]1C. The first-order valence-electron chi connectivity index (χ1n) is 7.46. The highest BCUT2D eigenvalue weighted by Crippen LogP contribution is 2.17. The van der Waals surface area contributed by atoms with E-state index >= 15 is 0 Å². The van der Waals surface area contributed by atoms with Gasteiger partial charge in [-0.05, 0) is 45.6 Å². The van der Waals surface area contributed by atoms with Crippen LogP contribution in [-0.2, 0) is 4.74 Å².